The van der Waals surface area contributed by atoms with Crippen LogP contribution in [0.2, 0.25) is 0 Å². The number of rotatable bonds is 10. The molecule has 1 aromatic heterocycles. The number of methoxy groups -OCH3 is 1. The van der Waals surface area contributed by atoms with Crippen molar-refractivity contribution in [2.24, 2.45) is 0 Å². The molecule has 4 rings (SSSR count). The molecule has 0 bridgehead atoms. The summed E-state index contributed by atoms with van der Waals surface area (Å²) in [7, 11) is 1.52. The molecule has 0 saturated carbocycles. The largest absolute Gasteiger partial charge is 0.493 e. The fourth-order valence-electron chi connectivity index (χ4n) is 3.80. The highest BCUT2D eigenvalue weighted by Crippen LogP contribution is 2.36. The first-order valence-electron chi connectivity index (χ1n) is 12.2. The maximum atomic E-state index is 13.1. The molecular formula is C31H26N2O5S. The molecule has 196 valence electrons. The molecule has 4 aromatic rings. The Bertz CT molecular complexity index is 1520. The molecule has 0 aliphatic heterocycles. The average molecular weight is 539 g/mol. The van der Waals surface area contributed by atoms with E-state index in [9.17, 15) is 14.9 Å². The lowest BCUT2D eigenvalue weighted by atomic mass is 10.0. The van der Waals surface area contributed by atoms with Crippen molar-refractivity contribution in [1.82, 2.24) is 0 Å². The summed E-state index contributed by atoms with van der Waals surface area (Å²) in [6.07, 6.45) is 1.45. The summed E-state index contributed by atoms with van der Waals surface area (Å²) < 4.78 is 16.6. The third kappa shape index (κ3) is 6.72. The van der Waals surface area contributed by atoms with Gasteiger partial charge in [-0.25, -0.2) is 4.79 Å². The summed E-state index contributed by atoms with van der Waals surface area (Å²) in [6, 6.07) is 26.2. The molecule has 0 unspecified atom stereocenters. The summed E-state index contributed by atoms with van der Waals surface area (Å²) in [5, 5.41) is 14.6. The Labute approximate surface area is 230 Å². The van der Waals surface area contributed by atoms with Gasteiger partial charge in [0.2, 0.25) is 0 Å². The predicted molar refractivity (Wildman–Crippen MR) is 152 cm³/mol. The Morgan fingerprint density at radius 3 is 2.38 bits per heavy atom. The van der Waals surface area contributed by atoms with Crippen molar-refractivity contribution in [3.8, 4) is 28.7 Å². The van der Waals surface area contributed by atoms with E-state index >= 15 is 0 Å². The van der Waals surface area contributed by atoms with Crippen LogP contribution < -0.4 is 14.8 Å². The second-order valence-corrected chi connectivity index (χ2v) is 9.13. The highest BCUT2D eigenvalue weighted by molar-refractivity contribution is 7.15. The van der Waals surface area contributed by atoms with Gasteiger partial charge in [0.15, 0.2) is 11.5 Å². The molecule has 0 aliphatic rings. The predicted octanol–water partition coefficient (Wildman–Crippen LogP) is 6.73. The molecule has 39 heavy (non-hydrogen) atoms. The topological polar surface area (TPSA) is 97.7 Å². The van der Waals surface area contributed by atoms with Gasteiger partial charge in [-0.05, 0) is 41.8 Å². The summed E-state index contributed by atoms with van der Waals surface area (Å²) in [5.41, 5.74) is 3.16. The highest BCUT2D eigenvalue weighted by atomic mass is 32.1. The summed E-state index contributed by atoms with van der Waals surface area (Å²) >= 11 is 1.19. The number of amides is 1. The third-order valence-electron chi connectivity index (χ3n) is 5.68. The lowest BCUT2D eigenvalue weighted by Gasteiger charge is -2.12. The van der Waals surface area contributed by atoms with E-state index in [2.05, 4.69) is 5.32 Å². The van der Waals surface area contributed by atoms with Gasteiger partial charge in [0.25, 0.3) is 5.91 Å². The Morgan fingerprint density at radius 2 is 1.72 bits per heavy atom. The van der Waals surface area contributed by atoms with Crippen molar-refractivity contribution in [2.75, 3.05) is 19.0 Å². The minimum atomic E-state index is -0.645. The molecule has 0 spiro atoms. The van der Waals surface area contributed by atoms with E-state index in [-0.39, 0.29) is 17.7 Å². The number of hydrogen-bond donors (Lipinski definition) is 1. The van der Waals surface area contributed by atoms with Crippen LogP contribution in [-0.2, 0) is 16.1 Å². The zero-order chi connectivity index (χ0) is 27.6. The van der Waals surface area contributed by atoms with Crippen molar-refractivity contribution < 1.29 is 23.8 Å². The quantitative estimate of drug-likeness (QED) is 0.137. The van der Waals surface area contributed by atoms with Crippen LogP contribution >= 0.6 is 11.3 Å². The van der Waals surface area contributed by atoms with Crippen LogP contribution in [-0.4, -0.2) is 25.6 Å². The lowest BCUT2D eigenvalue weighted by Crippen LogP contribution is -2.16. The summed E-state index contributed by atoms with van der Waals surface area (Å²) in [6.45, 7) is 2.27. The molecule has 3 aromatic carbocycles. The van der Waals surface area contributed by atoms with Crippen LogP contribution in [0.15, 0.2) is 89.8 Å². The number of thiophene rings is 1. The second-order valence-electron chi connectivity index (χ2n) is 8.25. The van der Waals surface area contributed by atoms with E-state index in [1.807, 2.05) is 66.7 Å². The van der Waals surface area contributed by atoms with Crippen LogP contribution in [0, 0.1) is 11.3 Å². The zero-order valence-electron chi connectivity index (χ0n) is 21.5. The normalized spacial score (nSPS) is 10.8. The van der Waals surface area contributed by atoms with Crippen LogP contribution in [0.25, 0.3) is 17.2 Å². The summed E-state index contributed by atoms with van der Waals surface area (Å²) in [5.74, 6) is -0.195. The Hall–Kier alpha value is -4.87. The van der Waals surface area contributed by atoms with Crippen molar-refractivity contribution in [3.63, 3.8) is 0 Å². The number of carbonyl (C=O) groups excluding carboxylic acids is 2. The first-order valence-corrected chi connectivity index (χ1v) is 13.0. The molecule has 1 N–H and O–H groups in total. The molecule has 0 fully saturated rings. The number of ether oxygens (including phenoxy) is 3. The third-order valence-corrected chi connectivity index (χ3v) is 6.58. The highest BCUT2D eigenvalue weighted by Gasteiger charge is 2.23. The number of benzene rings is 3. The number of nitriles is 1. The maximum absolute atomic E-state index is 13.1. The van der Waals surface area contributed by atoms with E-state index in [0.29, 0.717) is 34.2 Å². The first kappa shape index (κ1) is 27.2. The average Bonchev–Trinajstić information content (AvgIpc) is 3.39. The van der Waals surface area contributed by atoms with Gasteiger partial charge >= 0.3 is 5.97 Å². The monoisotopic (exact) mass is 538 g/mol. The Morgan fingerprint density at radius 1 is 1.00 bits per heavy atom. The van der Waals surface area contributed by atoms with Gasteiger partial charge in [-0.3, -0.25) is 4.79 Å². The lowest BCUT2D eigenvalue weighted by molar-refractivity contribution is -0.112. The summed E-state index contributed by atoms with van der Waals surface area (Å²) in [4.78, 5) is 25.9. The number of carbonyl (C=O) groups is 2. The van der Waals surface area contributed by atoms with Crippen molar-refractivity contribution in [2.45, 2.75) is 13.5 Å². The van der Waals surface area contributed by atoms with Crippen LogP contribution in [0.3, 0.4) is 0 Å². The fraction of sp³-hybridized carbons (Fsp3) is 0.129. The molecule has 8 heteroatoms. The smallest absolute Gasteiger partial charge is 0.341 e. The molecule has 0 radical (unpaired) electrons. The van der Waals surface area contributed by atoms with E-state index in [0.717, 1.165) is 11.1 Å². The molecule has 0 saturated heterocycles. The van der Waals surface area contributed by atoms with Crippen molar-refractivity contribution in [3.05, 3.63) is 107 Å². The van der Waals surface area contributed by atoms with Gasteiger partial charge in [0, 0.05) is 10.9 Å². The standard InChI is InChI=1S/C31H26N2O5S/c1-3-37-31(35)28-25(23-12-8-5-9-13-23)20-39-30(28)33-29(34)24(18-32)16-22-14-15-26(27(17-22)36-2)38-19-21-10-6-4-7-11-21/h4-17,20H,3,19H2,1-2H3,(H,33,34). The van der Waals surface area contributed by atoms with Gasteiger partial charge in [0.05, 0.1) is 13.7 Å². The van der Waals surface area contributed by atoms with Crippen LogP contribution in [0.4, 0.5) is 5.00 Å². The number of nitrogens with zero attached hydrogens (tertiary/aromatic N) is 1. The minimum absolute atomic E-state index is 0.139. The molecule has 7 nitrogen and oxygen atoms in total. The molecular weight excluding hydrogens is 512 g/mol. The zero-order valence-corrected chi connectivity index (χ0v) is 22.3. The number of nitrogens with one attached hydrogen (secondary N) is 1. The van der Waals surface area contributed by atoms with E-state index < -0.39 is 11.9 Å². The van der Waals surface area contributed by atoms with Crippen LogP contribution in [0.5, 0.6) is 11.5 Å². The SMILES string of the molecule is CCOC(=O)c1c(-c2ccccc2)csc1NC(=O)C(C#N)=Cc1ccc(OCc2ccccc2)c(OC)c1. The molecule has 0 atom stereocenters. The first-order chi connectivity index (χ1) is 19.0. The second kappa shape index (κ2) is 13.1. The van der Waals surface area contributed by atoms with E-state index in [1.165, 1.54) is 24.5 Å². The minimum Gasteiger partial charge on any atom is -0.493 e. The Kier molecular flexibility index (Phi) is 9.11. The number of anilines is 1. The number of esters is 1. The Balaban J connectivity index is 1.56. The fourth-order valence-corrected chi connectivity index (χ4v) is 4.75. The van der Waals surface area contributed by atoms with Gasteiger partial charge in [-0.1, -0.05) is 66.7 Å². The molecule has 0 aliphatic carbocycles. The van der Waals surface area contributed by atoms with Gasteiger partial charge in [-0.2, -0.15) is 5.26 Å². The van der Waals surface area contributed by atoms with Crippen LogP contribution in [0.1, 0.15) is 28.4 Å². The number of hydrogen-bond acceptors (Lipinski definition) is 7. The van der Waals surface area contributed by atoms with E-state index in [4.69, 9.17) is 14.2 Å². The van der Waals surface area contributed by atoms with Crippen molar-refractivity contribution in [1.29, 1.82) is 5.26 Å². The van der Waals surface area contributed by atoms with Crippen molar-refractivity contribution >= 4 is 34.3 Å². The maximum Gasteiger partial charge on any atom is 0.341 e. The van der Waals surface area contributed by atoms with E-state index in [1.54, 1.807) is 30.5 Å². The van der Waals surface area contributed by atoms with Gasteiger partial charge < -0.3 is 19.5 Å². The molecule has 1 amide bonds. The van der Waals surface area contributed by atoms with Gasteiger partial charge in [0.1, 0.15) is 28.8 Å². The molecule has 1 heterocycles. The van der Waals surface area contributed by atoms with Gasteiger partial charge in [-0.15, -0.1) is 11.3 Å².